The van der Waals surface area contributed by atoms with E-state index >= 15 is 0 Å². The zero-order valence-corrected chi connectivity index (χ0v) is 10.8. The Morgan fingerprint density at radius 3 is 2.60 bits per heavy atom. The number of ether oxygens (including phenoxy) is 1. The Bertz CT molecular complexity index is 168. The summed E-state index contributed by atoms with van der Waals surface area (Å²) in [6.07, 6.45) is 3.08. The van der Waals surface area contributed by atoms with Crippen LogP contribution in [0.15, 0.2) is 12.7 Å². The van der Waals surface area contributed by atoms with Gasteiger partial charge in [0.25, 0.3) is 0 Å². The molecule has 0 bridgehead atoms. The Morgan fingerprint density at radius 1 is 1.47 bits per heavy atom. The molecular weight excluding hydrogens is 186 g/mol. The zero-order chi connectivity index (χ0) is 11.7. The summed E-state index contributed by atoms with van der Waals surface area (Å²) >= 11 is 0. The van der Waals surface area contributed by atoms with E-state index in [-0.39, 0.29) is 5.41 Å². The van der Waals surface area contributed by atoms with Gasteiger partial charge in [-0.1, -0.05) is 26.8 Å². The molecule has 0 saturated carbocycles. The van der Waals surface area contributed by atoms with Crippen LogP contribution in [-0.4, -0.2) is 26.3 Å². The number of rotatable bonds is 9. The molecular formula is C13H27NO. The van der Waals surface area contributed by atoms with Gasteiger partial charge in [0.2, 0.25) is 0 Å². The minimum Gasteiger partial charge on any atom is -0.382 e. The third kappa shape index (κ3) is 7.57. The van der Waals surface area contributed by atoms with E-state index < -0.39 is 0 Å². The third-order valence-electron chi connectivity index (χ3n) is 2.60. The molecule has 0 heterocycles. The summed E-state index contributed by atoms with van der Waals surface area (Å²) in [6.45, 7) is 16.3. The average Bonchev–Trinajstić information content (AvgIpc) is 2.18. The minimum absolute atomic E-state index is 0.157. The van der Waals surface area contributed by atoms with Crippen molar-refractivity contribution in [2.75, 3.05) is 26.3 Å². The smallest absolute Gasteiger partial charge is 0.0474 e. The van der Waals surface area contributed by atoms with Crippen LogP contribution >= 0.6 is 0 Å². The van der Waals surface area contributed by atoms with Crippen LogP contribution < -0.4 is 5.32 Å². The summed E-state index contributed by atoms with van der Waals surface area (Å²) in [7, 11) is 0. The fourth-order valence-electron chi connectivity index (χ4n) is 1.36. The van der Waals surface area contributed by atoms with Crippen molar-refractivity contribution in [1.82, 2.24) is 5.32 Å². The maximum atomic E-state index is 5.38. The van der Waals surface area contributed by atoms with E-state index in [0.717, 1.165) is 32.7 Å². The molecule has 90 valence electrons. The van der Waals surface area contributed by atoms with Crippen LogP contribution in [0.1, 0.15) is 34.1 Å². The molecule has 0 rings (SSSR count). The van der Waals surface area contributed by atoms with E-state index in [1.807, 2.05) is 13.0 Å². The molecule has 0 aliphatic carbocycles. The predicted octanol–water partition coefficient (Wildman–Crippen LogP) is 2.85. The summed E-state index contributed by atoms with van der Waals surface area (Å²) in [4.78, 5) is 0. The minimum atomic E-state index is 0.157. The molecule has 0 radical (unpaired) electrons. The number of hydrogen-bond acceptors (Lipinski definition) is 2. The van der Waals surface area contributed by atoms with Crippen molar-refractivity contribution in [2.45, 2.75) is 34.1 Å². The highest BCUT2D eigenvalue weighted by Gasteiger charge is 2.19. The molecule has 0 spiro atoms. The van der Waals surface area contributed by atoms with Crippen LogP contribution in [0.25, 0.3) is 0 Å². The van der Waals surface area contributed by atoms with Gasteiger partial charge in [-0.25, -0.2) is 0 Å². The third-order valence-corrected chi connectivity index (χ3v) is 2.60. The Labute approximate surface area is 95.1 Å². The summed E-state index contributed by atoms with van der Waals surface area (Å²) < 4.78 is 5.38. The first kappa shape index (κ1) is 14.7. The van der Waals surface area contributed by atoms with E-state index in [9.17, 15) is 0 Å². The highest BCUT2D eigenvalue weighted by Crippen LogP contribution is 2.21. The van der Waals surface area contributed by atoms with Crippen molar-refractivity contribution in [2.24, 2.45) is 11.3 Å². The Balaban J connectivity index is 3.80. The van der Waals surface area contributed by atoms with Gasteiger partial charge in [-0.15, -0.1) is 6.58 Å². The van der Waals surface area contributed by atoms with Gasteiger partial charge in [0.1, 0.15) is 0 Å². The molecule has 15 heavy (non-hydrogen) atoms. The molecule has 0 fully saturated rings. The van der Waals surface area contributed by atoms with Crippen molar-refractivity contribution >= 4 is 0 Å². The lowest BCUT2D eigenvalue weighted by atomic mass is 9.87. The van der Waals surface area contributed by atoms with Gasteiger partial charge < -0.3 is 10.1 Å². The highest BCUT2D eigenvalue weighted by atomic mass is 16.5. The van der Waals surface area contributed by atoms with E-state index in [0.29, 0.717) is 5.92 Å². The zero-order valence-electron chi connectivity index (χ0n) is 10.8. The Hall–Kier alpha value is -0.340. The normalized spacial score (nSPS) is 15.3. The Morgan fingerprint density at radius 2 is 2.13 bits per heavy atom. The molecule has 0 saturated heterocycles. The molecule has 0 aliphatic rings. The van der Waals surface area contributed by atoms with Gasteiger partial charge in [-0.05, 0) is 31.2 Å². The second-order valence-electron chi connectivity index (χ2n) is 4.83. The van der Waals surface area contributed by atoms with E-state index in [1.54, 1.807) is 0 Å². The second-order valence-corrected chi connectivity index (χ2v) is 4.83. The van der Waals surface area contributed by atoms with Gasteiger partial charge in [0, 0.05) is 19.8 Å². The summed E-state index contributed by atoms with van der Waals surface area (Å²) in [5.41, 5.74) is 0.157. The molecule has 0 aromatic heterocycles. The van der Waals surface area contributed by atoms with Crippen molar-refractivity contribution in [1.29, 1.82) is 0 Å². The molecule has 0 aromatic carbocycles. The lowest BCUT2D eigenvalue weighted by molar-refractivity contribution is 0.121. The van der Waals surface area contributed by atoms with Crippen LogP contribution in [0.2, 0.25) is 0 Å². The predicted molar refractivity (Wildman–Crippen MR) is 67.1 cm³/mol. The van der Waals surface area contributed by atoms with Crippen molar-refractivity contribution in [3.63, 3.8) is 0 Å². The number of hydrogen-bond donors (Lipinski definition) is 1. The van der Waals surface area contributed by atoms with Crippen LogP contribution in [0.4, 0.5) is 0 Å². The van der Waals surface area contributed by atoms with E-state index in [2.05, 4.69) is 32.7 Å². The fourth-order valence-corrected chi connectivity index (χ4v) is 1.36. The first-order valence-corrected chi connectivity index (χ1v) is 5.96. The van der Waals surface area contributed by atoms with Crippen LogP contribution in [0.5, 0.6) is 0 Å². The molecule has 0 amide bonds. The SMILES string of the molecule is C=CC(C)(CCOCC)CNCC(C)C. The lowest BCUT2D eigenvalue weighted by Gasteiger charge is -2.26. The first-order valence-electron chi connectivity index (χ1n) is 5.96. The van der Waals surface area contributed by atoms with Crippen molar-refractivity contribution in [3.8, 4) is 0 Å². The summed E-state index contributed by atoms with van der Waals surface area (Å²) in [6, 6.07) is 0. The van der Waals surface area contributed by atoms with Gasteiger partial charge in [0.05, 0.1) is 0 Å². The van der Waals surface area contributed by atoms with Gasteiger partial charge in [-0.2, -0.15) is 0 Å². The quantitative estimate of drug-likeness (QED) is 0.470. The van der Waals surface area contributed by atoms with Gasteiger partial charge in [-0.3, -0.25) is 0 Å². The lowest BCUT2D eigenvalue weighted by Crippen LogP contribution is -2.33. The van der Waals surface area contributed by atoms with Crippen LogP contribution in [-0.2, 0) is 4.74 Å². The van der Waals surface area contributed by atoms with Crippen LogP contribution in [0, 0.1) is 11.3 Å². The number of nitrogens with one attached hydrogen (secondary N) is 1. The molecule has 1 unspecified atom stereocenters. The standard InChI is InChI=1S/C13H27NO/c1-6-13(5,8-9-15-7-2)11-14-10-12(3)4/h6,12,14H,1,7-11H2,2-5H3. The van der Waals surface area contributed by atoms with Gasteiger partial charge >= 0.3 is 0 Å². The summed E-state index contributed by atoms with van der Waals surface area (Å²) in [5, 5.41) is 3.48. The second kappa shape index (κ2) is 7.89. The first-order chi connectivity index (χ1) is 7.04. The van der Waals surface area contributed by atoms with Crippen molar-refractivity contribution in [3.05, 3.63) is 12.7 Å². The summed E-state index contributed by atoms with van der Waals surface area (Å²) in [5.74, 6) is 0.700. The maximum Gasteiger partial charge on any atom is 0.0474 e. The molecule has 2 heteroatoms. The molecule has 1 N–H and O–H groups in total. The molecule has 2 nitrogen and oxygen atoms in total. The monoisotopic (exact) mass is 213 g/mol. The highest BCUT2D eigenvalue weighted by molar-refractivity contribution is 4.93. The van der Waals surface area contributed by atoms with E-state index in [1.165, 1.54) is 0 Å². The fraction of sp³-hybridized carbons (Fsp3) is 0.846. The average molecular weight is 213 g/mol. The topological polar surface area (TPSA) is 21.3 Å². The maximum absolute atomic E-state index is 5.38. The van der Waals surface area contributed by atoms with Gasteiger partial charge in [0.15, 0.2) is 0 Å². The largest absolute Gasteiger partial charge is 0.382 e. The Kier molecular flexibility index (Phi) is 7.71. The van der Waals surface area contributed by atoms with Crippen molar-refractivity contribution < 1.29 is 4.74 Å². The molecule has 0 aliphatic heterocycles. The van der Waals surface area contributed by atoms with E-state index in [4.69, 9.17) is 4.74 Å². The van der Waals surface area contributed by atoms with Crippen LogP contribution in [0.3, 0.4) is 0 Å². The molecule has 1 atom stereocenters. The molecule has 0 aromatic rings.